The van der Waals surface area contributed by atoms with Gasteiger partial charge in [0.1, 0.15) is 4.60 Å². The van der Waals surface area contributed by atoms with E-state index in [4.69, 9.17) is 5.73 Å². The van der Waals surface area contributed by atoms with Gasteiger partial charge in [0.2, 0.25) is 0 Å². The molecule has 60 valence electrons. The molecule has 3 heteroatoms. The SMILES string of the molecule is CC(C)c1cc(N)cc(Br)n1. The zero-order chi connectivity index (χ0) is 8.43. The van der Waals surface area contributed by atoms with Crippen LogP contribution in [0.4, 0.5) is 5.69 Å². The Morgan fingerprint density at radius 2 is 2.09 bits per heavy atom. The molecule has 0 aliphatic heterocycles. The van der Waals surface area contributed by atoms with Crippen LogP contribution < -0.4 is 5.73 Å². The number of aromatic nitrogens is 1. The monoisotopic (exact) mass is 214 g/mol. The molecule has 0 saturated heterocycles. The van der Waals surface area contributed by atoms with E-state index in [2.05, 4.69) is 34.8 Å². The van der Waals surface area contributed by atoms with E-state index in [1.54, 1.807) is 6.07 Å². The first-order valence-corrected chi connectivity index (χ1v) is 4.32. The molecule has 0 spiro atoms. The fourth-order valence-electron chi connectivity index (χ4n) is 0.834. The maximum atomic E-state index is 5.63. The zero-order valence-corrected chi connectivity index (χ0v) is 8.22. The summed E-state index contributed by atoms with van der Waals surface area (Å²) in [5.41, 5.74) is 7.41. The van der Waals surface area contributed by atoms with Gasteiger partial charge in [-0.2, -0.15) is 0 Å². The van der Waals surface area contributed by atoms with Gasteiger partial charge in [-0.25, -0.2) is 4.98 Å². The van der Waals surface area contributed by atoms with Crippen LogP contribution in [0.25, 0.3) is 0 Å². The maximum absolute atomic E-state index is 5.63. The van der Waals surface area contributed by atoms with Gasteiger partial charge in [0.05, 0.1) is 0 Å². The number of nitrogens with zero attached hydrogens (tertiary/aromatic N) is 1. The first kappa shape index (κ1) is 8.53. The van der Waals surface area contributed by atoms with Gasteiger partial charge in [0.25, 0.3) is 0 Å². The average Bonchev–Trinajstić information content (AvgIpc) is 1.85. The molecule has 0 bridgehead atoms. The molecule has 1 aromatic rings. The molecule has 11 heavy (non-hydrogen) atoms. The van der Waals surface area contributed by atoms with Gasteiger partial charge in [0, 0.05) is 11.4 Å². The van der Waals surface area contributed by atoms with E-state index in [9.17, 15) is 0 Å². The molecular formula is C8H11BrN2. The Kier molecular flexibility index (Phi) is 2.49. The number of nitrogens with two attached hydrogens (primary N) is 1. The molecular weight excluding hydrogens is 204 g/mol. The van der Waals surface area contributed by atoms with Crippen molar-refractivity contribution in [2.45, 2.75) is 19.8 Å². The van der Waals surface area contributed by atoms with Crippen molar-refractivity contribution in [3.05, 3.63) is 22.4 Å². The standard InChI is InChI=1S/C8H11BrN2/c1-5(2)7-3-6(10)4-8(9)11-7/h3-5H,1-2H3,(H2,10,11). The third-order valence-corrected chi connectivity index (χ3v) is 1.83. The van der Waals surface area contributed by atoms with Crippen molar-refractivity contribution in [1.29, 1.82) is 0 Å². The Morgan fingerprint density at radius 3 is 2.55 bits per heavy atom. The van der Waals surface area contributed by atoms with E-state index in [0.717, 1.165) is 16.0 Å². The lowest BCUT2D eigenvalue weighted by Gasteiger charge is -2.05. The highest BCUT2D eigenvalue weighted by Gasteiger charge is 2.02. The fraction of sp³-hybridized carbons (Fsp3) is 0.375. The number of rotatable bonds is 1. The summed E-state index contributed by atoms with van der Waals surface area (Å²) in [6.45, 7) is 4.18. The van der Waals surface area contributed by atoms with E-state index in [0.29, 0.717) is 5.92 Å². The quantitative estimate of drug-likeness (QED) is 0.731. The first-order valence-electron chi connectivity index (χ1n) is 3.52. The van der Waals surface area contributed by atoms with Gasteiger partial charge in [-0.15, -0.1) is 0 Å². The Bertz CT molecular complexity index is 238. The van der Waals surface area contributed by atoms with E-state index in [1.807, 2.05) is 6.07 Å². The Labute approximate surface area is 75.0 Å². The Hall–Kier alpha value is -0.570. The molecule has 0 amide bonds. The van der Waals surface area contributed by atoms with E-state index < -0.39 is 0 Å². The van der Waals surface area contributed by atoms with Gasteiger partial charge in [-0.1, -0.05) is 13.8 Å². The van der Waals surface area contributed by atoms with Crippen molar-refractivity contribution >= 4 is 21.6 Å². The second-order valence-electron chi connectivity index (χ2n) is 2.80. The second kappa shape index (κ2) is 3.22. The van der Waals surface area contributed by atoms with Crippen LogP contribution in [-0.2, 0) is 0 Å². The molecule has 0 aliphatic rings. The van der Waals surface area contributed by atoms with E-state index >= 15 is 0 Å². The predicted molar refractivity (Wildman–Crippen MR) is 50.4 cm³/mol. The third kappa shape index (κ3) is 2.19. The van der Waals surface area contributed by atoms with Crippen molar-refractivity contribution in [1.82, 2.24) is 4.98 Å². The lowest BCUT2D eigenvalue weighted by atomic mass is 10.1. The molecule has 2 N–H and O–H groups in total. The number of hydrogen-bond donors (Lipinski definition) is 1. The van der Waals surface area contributed by atoms with Gasteiger partial charge in [0.15, 0.2) is 0 Å². The highest BCUT2D eigenvalue weighted by Crippen LogP contribution is 2.18. The molecule has 1 rings (SSSR count). The van der Waals surface area contributed by atoms with Crippen molar-refractivity contribution < 1.29 is 0 Å². The van der Waals surface area contributed by atoms with E-state index in [1.165, 1.54) is 0 Å². The minimum atomic E-state index is 0.426. The number of halogens is 1. The largest absolute Gasteiger partial charge is 0.399 e. The summed E-state index contributed by atoms with van der Waals surface area (Å²) in [6, 6.07) is 3.70. The lowest BCUT2D eigenvalue weighted by molar-refractivity contribution is 0.819. The van der Waals surface area contributed by atoms with Crippen LogP contribution >= 0.6 is 15.9 Å². The molecule has 2 nitrogen and oxygen atoms in total. The summed E-state index contributed by atoms with van der Waals surface area (Å²) < 4.78 is 0.807. The minimum Gasteiger partial charge on any atom is -0.399 e. The Balaban J connectivity index is 3.08. The van der Waals surface area contributed by atoms with Crippen LogP contribution in [0.15, 0.2) is 16.7 Å². The predicted octanol–water partition coefficient (Wildman–Crippen LogP) is 2.55. The van der Waals surface area contributed by atoms with Crippen molar-refractivity contribution in [2.24, 2.45) is 0 Å². The van der Waals surface area contributed by atoms with Crippen LogP contribution in [0.1, 0.15) is 25.5 Å². The Morgan fingerprint density at radius 1 is 1.45 bits per heavy atom. The summed E-state index contributed by atoms with van der Waals surface area (Å²) in [7, 11) is 0. The summed E-state index contributed by atoms with van der Waals surface area (Å²) in [5.74, 6) is 0.426. The van der Waals surface area contributed by atoms with Crippen LogP contribution in [0.5, 0.6) is 0 Å². The highest BCUT2D eigenvalue weighted by molar-refractivity contribution is 9.10. The maximum Gasteiger partial charge on any atom is 0.108 e. The summed E-state index contributed by atoms with van der Waals surface area (Å²) in [5, 5.41) is 0. The zero-order valence-electron chi connectivity index (χ0n) is 6.63. The molecule has 0 fully saturated rings. The fourth-order valence-corrected chi connectivity index (χ4v) is 1.30. The van der Waals surface area contributed by atoms with Crippen LogP contribution in [0.2, 0.25) is 0 Å². The van der Waals surface area contributed by atoms with Crippen molar-refractivity contribution in [3.63, 3.8) is 0 Å². The van der Waals surface area contributed by atoms with Crippen molar-refractivity contribution in [2.75, 3.05) is 5.73 Å². The molecule has 0 atom stereocenters. The van der Waals surface area contributed by atoms with Crippen molar-refractivity contribution in [3.8, 4) is 0 Å². The molecule has 0 unspecified atom stereocenters. The third-order valence-electron chi connectivity index (χ3n) is 1.43. The van der Waals surface area contributed by atoms with Crippen LogP contribution in [0.3, 0.4) is 0 Å². The smallest absolute Gasteiger partial charge is 0.108 e. The topological polar surface area (TPSA) is 38.9 Å². The number of pyridine rings is 1. The molecule has 0 radical (unpaired) electrons. The lowest BCUT2D eigenvalue weighted by Crippen LogP contribution is -1.95. The van der Waals surface area contributed by atoms with Gasteiger partial charge >= 0.3 is 0 Å². The second-order valence-corrected chi connectivity index (χ2v) is 3.62. The van der Waals surface area contributed by atoms with E-state index in [-0.39, 0.29) is 0 Å². The summed E-state index contributed by atoms with van der Waals surface area (Å²) >= 11 is 3.29. The van der Waals surface area contributed by atoms with Crippen LogP contribution in [-0.4, -0.2) is 4.98 Å². The van der Waals surface area contributed by atoms with Crippen LogP contribution in [0, 0.1) is 0 Å². The highest BCUT2D eigenvalue weighted by atomic mass is 79.9. The van der Waals surface area contributed by atoms with Gasteiger partial charge < -0.3 is 5.73 Å². The molecule has 1 heterocycles. The average molecular weight is 215 g/mol. The summed E-state index contributed by atoms with van der Waals surface area (Å²) in [4.78, 5) is 4.27. The molecule has 0 aliphatic carbocycles. The summed E-state index contributed by atoms with van der Waals surface area (Å²) in [6.07, 6.45) is 0. The normalized spacial score (nSPS) is 10.5. The number of hydrogen-bond acceptors (Lipinski definition) is 2. The number of nitrogen functional groups attached to an aromatic ring is 1. The molecule has 0 aromatic carbocycles. The number of anilines is 1. The van der Waals surface area contributed by atoms with Gasteiger partial charge in [-0.3, -0.25) is 0 Å². The van der Waals surface area contributed by atoms with Gasteiger partial charge in [-0.05, 0) is 34.0 Å². The molecule has 0 saturated carbocycles. The minimum absolute atomic E-state index is 0.426. The molecule has 1 aromatic heterocycles. The first-order chi connectivity index (χ1) is 5.09.